The Morgan fingerprint density at radius 1 is 1.36 bits per heavy atom. The molecule has 3 rings (SSSR count). The zero-order valence-electron chi connectivity index (χ0n) is 14.1. The number of carbonyl (C=O) groups is 1. The maximum atomic E-state index is 13.3. The molecule has 0 radical (unpaired) electrons. The number of ether oxygens (including phenoxy) is 1. The van der Waals surface area contributed by atoms with Crippen LogP contribution in [0.1, 0.15) is 31.0 Å². The number of nitrogen functional groups attached to an aromatic ring is 1. The number of halogens is 1. The molecule has 1 saturated heterocycles. The summed E-state index contributed by atoms with van der Waals surface area (Å²) in [6, 6.07) is 5.95. The molecule has 1 atom stereocenters. The molecule has 0 saturated carbocycles. The summed E-state index contributed by atoms with van der Waals surface area (Å²) in [5.41, 5.74) is 8.06. The predicted molar refractivity (Wildman–Crippen MR) is 92.0 cm³/mol. The molecule has 7 heteroatoms. The average Bonchev–Trinajstić information content (AvgIpc) is 2.63. The van der Waals surface area contributed by atoms with Crippen LogP contribution in [-0.2, 0) is 9.53 Å². The number of rotatable bonds is 4. The first-order valence-corrected chi connectivity index (χ1v) is 8.27. The van der Waals surface area contributed by atoms with Crippen molar-refractivity contribution in [3.8, 4) is 11.1 Å². The fourth-order valence-electron chi connectivity index (χ4n) is 3.24. The number of amides is 1. The smallest absolute Gasteiger partial charge is 0.249 e. The number of likely N-dealkylation sites (tertiary alicyclic amines) is 1. The van der Waals surface area contributed by atoms with Gasteiger partial charge in [-0.05, 0) is 37.0 Å². The Bertz CT molecular complexity index is 751. The van der Waals surface area contributed by atoms with Gasteiger partial charge in [0.25, 0.3) is 0 Å². The maximum Gasteiger partial charge on any atom is 0.249 e. The second-order valence-electron chi connectivity index (χ2n) is 6.07. The molecule has 0 unspecified atom stereocenters. The Balaban J connectivity index is 2.03. The van der Waals surface area contributed by atoms with Crippen LogP contribution in [-0.4, -0.2) is 41.0 Å². The molecule has 0 bridgehead atoms. The lowest BCUT2D eigenvalue weighted by Gasteiger charge is -2.36. The van der Waals surface area contributed by atoms with Crippen LogP contribution >= 0.6 is 0 Å². The predicted octanol–water partition coefficient (Wildman–Crippen LogP) is 2.56. The molecule has 25 heavy (non-hydrogen) atoms. The van der Waals surface area contributed by atoms with Crippen LogP contribution in [0, 0.1) is 5.82 Å². The minimum absolute atomic E-state index is 0.0307. The molecule has 0 spiro atoms. The quantitative estimate of drug-likeness (QED) is 0.922. The van der Waals surface area contributed by atoms with E-state index in [9.17, 15) is 9.18 Å². The van der Waals surface area contributed by atoms with Crippen LogP contribution in [0.4, 0.5) is 10.3 Å². The Kier molecular flexibility index (Phi) is 5.23. The third-order valence-electron chi connectivity index (χ3n) is 4.40. The summed E-state index contributed by atoms with van der Waals surface area (Å²) in [5, 5.41) is 0. The number of nitrogens with zero attached hydrogens (tertiary/aromatic N) is 3. The largest absolute Gasteiger partial charge is 0.375 e. The number of hydrogen-bond acceptors (Lipinski definition) is 5. The summed E-state index contributed by atoms with van der Waals surface area (Å²) in [6.07, 6.45) is 4.37. The minimum atomic E-state index is -0.309. The topological polar surface area (TPSA) is 81.3 Å². The van der Waals surface area contributed by atoms with Crippen LogP contribution in [0.5, 0.6) is 0 Å². The molecular weight excluding hydrogens is 323 g/mol. The highest BCUT2D eigenvalue weighted by molar-refractivity contribution is 5.78. The lowest BCUT2D eigenvalue weighted by molar-refractivity contribution is -0.139. The van der Waals surface area contributed by atoms with Gasteiger partial charge in [-0.25, -0.2) is 14.4 Å². The van der Waals surface area contributed by atoms with Crippen LogP contribution in [0.15, 0.2) is 30.5 Å². The SMILES string of the molecule is COCC(=O)N1CCCC[C@H]1c1nc(N)ncc1-c1ccc(F)cc1. The van der Waals surface area contributed by atoms with E-state index in [0.29, 0.717) is 12.2 Å². The van der Waals surface area contributed by atoms with E-state index in [2.05, 4.69) is 9.97 Å². The molecule has 1 amide bonds. The second kappa shape index (κ2) is 7.57. The molecule has 0 aliphatic carbocycles. The van der Waals surface area contributed by atoms with E-state index in [0.717, 1.165) is 30.4 Å². The second-order valence-corrected chi connectivity index (χ2v) is 6.07. The number of methoxy groups -OCH3 is 1. The highest BCUT2D eigenvalue weighted by Gasteiger charge is 2.31. The van der Waals surface area contributed by atoms with Gasteiger partial charge in [0.15, 0.2) is 0 Å². The number of carbonyl (C=O) groups excluding carboxylic acids is 1. The highest BCUT2D eigenvalue weighted by atomic mass is 19.1. The molecule has 1 aliphatic rings. The van der Waals surface area contributed by atoms with Crippen LogP contribution < -0.4 is 5.73 Å². The molecule has 1 aromatic heterocycles. The van der Waals surface area contributed by atoms with Gasteiger partial charge in [-0.1, -0.05) is 12.1 Å². The highest BCUT2D eigenvalue weighted by Crippen LogP contribution is 2.36. The standard InChI is InChI=1S/C18H21FN4O2/c1-25-11-16(24)23-9-3-2-4-15(23)17-14(10-21-18(20)22-17)12-5-7-13(19)8-6-12/h5-8,10,15H,2-4,9,11H2,1H3,(H2,20,21,22)/t15-/m0/s1. The van der Waals surface area contributed by atoms with Crippen molar-refractivity contribution in [2.75, 3.05) is 26.0 Å². The van der Waals surface area contributed by atoms with Gasteiger partial charge in [-0.2, -0.15) is 0 Å². The van der Waals surface area contributed by atoms with E-state index in [1.165, 1.54) is 19.2 Å². The van der Waals surface area contributed by atoms with Gasteiger partial charge in [0.1, 0.15) is 12.4 Å². The van der Waals surface area contributed by atoms with Gasteiger partial charge in [0.2, 0.25) is 11.9 Å². The van der Waals surface area contributed by atoms with E-state index < -0.39 is 0 Å². The number of piperidine rings is 1. The van der Waals surface area contributed by atoms with Gasteiger partial charge in [0, 0.05) is 25.4 Å². The number of anilines is 1. The zero-order chi connectivity index (χ0) is 17.8. The molecular formula is C18H21FN4O2. The van der Waals surface area contributed by atoms with Crippen LogP contribution in [0.25, 0.3) is 11.1 Å². The Hall–Kier alpha value is -2.54. The van der Waals surface area contributed by atoms with Crippen LogP contribution in [0.2, 0.25) is 0 Å². The van der Waals surface area contributed by atoms with Crippen molar-refractivity contribution in [2.45, 2.75) is 25.3 Å². The number of benzene rings is 1. The summed E-state index contributed by atoms with van der Waals surface area (Å²) in [7, 11) is 1.50. The molecule has 1 aliphatic heterocycles. The zero-order valence-corrected chi connectivity index (χ0v) is 14.1. The van der Waals surface area contributed by atoms with E-state index in [-0.39, 0.29) is 30.3 Å². The number of aromatic nitrogens is 2. The molecule has 2 aromatic rings. The fourth-order valence-corrected chi connectivity index (χ4v) is 3.24. The summed E-state index contributed by atoms with van der Waals surface area (Å²) >= 11 is 0. The molecule has 6 nitrogen and oxygen atoms in total. The maximum absolute atomic E-state index is 13.3. The number of nitrogens with two attached hydrogens (primary N) is 1. The molecule has 1 fully saturated rings. The molecule has 132 valence electrons. The monoisotopic (exact) mass is 344 g/mol. The third-order valence-corrected chi connectivity index (χ3v) is 4.40. The van der Waals surface area contributed by atoms with Crippen molar-refractivity contribution < 1.29 is 13.9 Å². The van der Waals surface area contributed by atoms with Crippen molar-refractivity contribution >= 4 is 11.9 Å². The van der Waals surface area contributed by atoms with Gasteiger partial charge >= 0.3 is 0 Å². The summed E-state index contributed by atoms with van der Waals surface area (Å²) in [6.45, 7) is 0.683. The van der Waals surface area contributed by atoms with Gasteiger partial charge in [-0.3, -0.25) is 4.79 Å². The van der Waals surface area contributed by atoms with E-state index >= 15 is 0 Å². The molecule has 2 N–H and O–H groups in total. The average molecular weight is 344 g/mol. The minimum Gasteiger partial charge on any atom is -0.375 e. The first-order chi connectivity index (χ1) is 12.1. The first-order valence-electron chi connectivity index (χ1n) is 8.27. The van der Waals surface area contributed by atoms with Crippen molar-refractivity contribution in [3.05, 3.63) is 42.0 Å². The first kappa shape index (κ1) is 17.3. The Morgan fingerprint density at radius 3 is 2.84 bits per heavy atom. The normalized spacial score (nSPS) is 17.5. The van der Waals surface area contributed by atoms with Crippen molar-refractivity contribution in [2.24, 2.45) is 0 Å². The summed E-state index contributed by atoms with van der Waals surface area (Å²) < 4.78 is 18.3. The Morgan fingerprint density at radius 2 is 2.12 bits per heavy atom. The number of hydrogen-bond donors (Lipinski definition) is 1. The van der Waals surface area contributed by atoms with Gasteiger partial charge in [0.05, 0.1) is 11.7 Å². The van der Waals surface area contributed by atoms with Gasteiger partial charge in [-0.15, -0.1) is 0 Å². The molecule has 1 aromatic carbocycles. The lowest BCUT2D eigenvalue weighted by Crippen LogP contribution is -2.41. The van der Waals surface area contributed by atoms with Crippen molar-refractivity contribution in [1.82, 2.24) is 14.9 Å². The van der Waals surface area contributed by atoms with Crippen molar-refractivity contribution in [3.63, 3.8) is 0 Å². The summed E-state index contributed by atoms with van der Waals surface area (Å²) in [5.74, 6) is -0.226. The van der Waals surface area contributed by atoms with Crippen LogP contribution in [0.3, 0.4) is 0 Å². The van der Waals surface area contributed by atoms with Gasteiger partial charge < -0.3 is 15.4 Å². The fraction of sp³-hybridized carbons (Fsp3) is 0.389. The molecule has 2 heterocycles. The van der Waals surface area contributed by atoms with Crippen molar-refractivity contribution in [1.29, 1.82) is 0 Å². The Labute approximate surface area is 145 Å². The van der Waals surface area contributed by atoms with E-state index in [1.54, 1.807) is 23.2 Å². The van der Waals surface area contributed by atoms with E-state index in [1.807, 2.05) is 0 Å². The van der Waals surface area contributed by atoms with E-state index in [4.69, 9.17) is 10.5 Å². The lowest BCUT2D eigenvalue weighted by atomic mass is 9.93. The summed E-state index contributed by atoms with van der Waals surface area (Å²) in [4.78, 5) is 22.7. The third kappa shape index (κ3) is 3.76.